The van der Waals surface area contributed by atoms with Gasteiger partial charge in [0.05, 0.1) is 6.61 Å². The average Bonchev–Trinajstić information content (AvgIpc) is 2.13. The summed E-state index contributed by atoms with van der Waals surface area (Å²) in [5.41, 5.74) is 2.90. The normalized spacial score (nSPS) is 31.6. The Morgan fingerprint density at radius 1 is 1.36 bits per heavy atom. The second-order valence-electron chi connectivity index (χ2n) is 2.46. The fraction of sp³-hybridized carbons (Fsp3) is 1.00. The Hall–Kier alpha value is -0.0000000000000000486. The molecule has 1 aliphatic rings. The summed E-state index contributed by atoms with van der Waals surface area (Å²) >= 11 is 0. The van der Waals surface area contributed by atoms with Crippen molar-refractivity contribution in [2.24, 2.45) is 5.73 Å². The fourth-order valence-electron chi connectivity index (χ4n) is 0.804. The highest BCUT2D eigenvalue weighted by molar-refractivity contribution is 5.85. The topological polar surface area (TPSA) is 35.2 Å². The van der Waals surface area contributed by atoms with Gasteiger partial charge in [-0.2, -0.15) is 13.2 Å². The molecule has 0 bridgehead atoms. The van der Waals surface area contributed by atoms with Crippen LogP contribution in [-0.4, -0.2) is 24.9 Å². The minimum absolute atomic E-state index is 0. The van der Waals surface area contributed by atoms with E-state index in [2.05, 4.69) is 4.74 Å². The van der Waals surface area contributed by atoms with Crippen LogP contribution in [0.1, 0.15) is 6.42 Å². The number of halogens is 4. The quantitative estimate of drug-likeness (QED) is 0.622. The van der Waals surface area contributed by atoms with Gasteiger partial charge in [0.1, 0.15) is 5.54 Å². The van der Waals surface area contributed by atoms with Crippen LogP contribution in [0.3, 0.4) is 0 Å². The van der Waals surface area contributed by atoms with Crippen molar-refractivity contribution in [3.05, 3.63) is 0 Å². The lowest BCUT2D eigenvalue weighted by Crippen LogP contribution is -2.53. The molecule has 6 heteroatoms. The molecular weight excluding hydrogens is 183 g/mol. The molecule has 0 radical (unpaired) electrons. The van der Waals surface area contributed by atoms with Crippen molar-refractivity contribution in [3.63, 3.8) is 0 Å². The van der Waals surface area contributed by atoms with E-state index in [1.54, 1.807) is 0 Å². The maximum absolute atomic E-state index is 11.9. The predicted octanol–water partition coefficient (Wildman–Crippen LogP) is 1.09. The number of hydrogen-bond donors (Lipinski definition) is 1. The van der Waals surface area contributed by atoms with Gasteiger partial charge >= 0.3 is 6.18 Å². The first kappa shape index (κ1) is 11.0. The molecule has 2 nitrogen and oxygen atoms in total. The summed E-state index contributed by atoms with van der Waals surface area (Å²) < 4.78 is 40.4. The van der Waals surface area contributed by atoms with Crippen molar-refractivity contribution in [1.29, 1.82) is 0 Å². The summed E-state index contributed by atoms with van der Waals surface area (Å²) in [4.78, 5) is 0. The van der Waals surface area contributed by atoms with Crippen molar-refractivity contribution in [2.75, 3.05) is 13.2 Å². The number of nitrogens with two attached hydrogens (primary N) is 1. The van der Waals surface area contributed by atoms with Crippen LogP contribution >= 0.6 is 12.4 Å². The molecule has 1 heterocycles. The number of ether oxygens (including phenoxy) is 1. The zero-order chi connectivity index (χ0) is 7.83. The highest BCUT2D eigenvalue weighted by atomic mass is 35.5. The summed E-state index contributed by atoms with van der Waals surface area (Å²) in [5.74, 6) is 0. The first-order valence-electron chi connectivity index (χ1n) is 2.89. The molecule has 0 aliphatic carbocycles. The largest absolute Gasteiger partial charge is 0.408 e. The molecule has 11 heavy (non-hydrogen) atoms. The summed E-state index contributed by atoms with van der Waals surface area (Å²) in [7, 11) is 0. The first-order chi connectivity index (χ1) is 4.46. The van der Waals surface area contributed by atoms with Crippen LogP contribution in [-0.2, 0) is 4.74 Å². The molecule has 0 amide bonds. The summed E-state index contributed by atoms with van der Waals surface area (Å²) in [5, 5.41) is 0. The third-order valence-electron chi connectivity index (χ3n) is 1.62. The molecule has 0 aromatic heterocycles. The van der Waals surface area contributed by atoms with Crippen LogP contribution in [0.15, 0.2) is 0 Å². The zero-order valence-corrected chi connectivity index (χ0v) is 6.47. The number of alkyl halides is 3. The monoisotopic (exact) mass is 191 g/mol. The van der Waals surface area contributed by atoms with Gasteiger partial charge in [0.25, 0.3) is 0 Å². The van der Waals surface area contributed by atoms with Crippen LogP contribution in [0.2, 0.25) is 0 Å². The Labute approximate surface area is 68.3 Å². The van der Waals surface area contributed by atoms with Gasteiger partial charge in [0.15, 0.2) is 0 Å². The van der Waals surface area contributed by atoms with Crippen molar-refractivity contribution < 1.29 is 17.9 Å². The van der Waals surface area contributed by atoms with E-state index in [1.165, 1.54) is 0 Å². The average molecular weight is 192 g/mol. The SMILES string of the molecule is Cl.N[C@]1(C(F)(F)F)CCOC1. The molecule has 1 saturated heterocycles. The second kappa shape index (κ2) is 3.16. The van der Waals surface area contributed by atoms with Crippen LogP contribution in [0.5, 0.6) is 0 Å². The van der Waals surface area contributed by atoms with Crippen LogP contribution in [0.25, 0.3) is 0 Å². The zero-order valence-electron chi connectivity index (χ0n) is 5.65. The molecule has 0 aromatic rings. The number of hydrogen-bond acceptors (Lipinski definition) is 2. The van der Waals surface area contributed by atoms with Gasteiger partial charge in [0.2, 0.25) is 0 Å². The van der Waals surface area contributed by atoms with Gasteiger partial charge < -0.3 is 10.5 Å². The third kappa shape index (κ3) is 1.98. The molecule has 0 saturated carbocycles. The van der Waals surface area contributed by atoms with E-state index < -0.39 is 18.3 Å². The van der Waals surface area contributed by atoms with E-state index in [1.807, 2.05) is 0 Å². The van der Waals surface area contributed by atoms with Crippen molar-refractivity contribution >= 4 is 12.4 Å². The molecule has 2 N–H and O–H groups in total. The van der Waals surface area contributed by atoms with Gasteiger partial charge in [-0.3, -0.25) is 0 Å². The molecule has 0 spiro atoms. The molecule has 1 rings (SSSR count). The van der Waals surface area contributed by atoms with E-state index in [4.69, 9.17) is 5.73 Å². The van der Waals surface area contributed by atoms with Gasteiger partial charge in [-0.15, -0.1) is 12.4 Å². The molecule has 0 aromatic carbocycles. The maximum Gasteiger partial charge on any atom is 0.408 e. The standard InChI is InChI=1S/C5H8F3NO.ClH/c6-5(7,8)4(9)1-2-10-3-4;/h1-3,9H2;1H/t4-;/m1./s1. The van der Waals surface area contributed by atoms with Crippen LogP contribution in [0, 0.1) is 0 Å². The molecule has 0 unspecified atom stereocenters. The fourth-order valence-corrected chi connectivity index (χ4v) is 0.804. The van der Waals surface area contributed by atoms with Crippen molar-refractivity contribution in [1.82, 2.24) is 0 Å². The summed E-state index contributed by atoms with van der Waals surface area (Å²) in [6, 6.07) is 0. The molecule has 1 atom stereocenters. The molecule has 1 aliphatic heterocycles. The lowest BCUT2D eigenvalue weighted by Gasteiger charge is -2.24. The molecule has 1 fully saturated rings. The lowest BCUT2D eigenvalue weighted by molar-refractivity contribution is -0.184. The van der Waals surface area contributed by atoms with Gasteiger partial charge in [-0.1, -0.05) is 0 Å². The van der Waals surface area contributed by atoms with Crippen molar-refractivity contribution in [3.8, 4) is 0 Å². The maximum atomic E-state index is 11.9. The Morgan fingerprint density at radius 2 is 1.91 bits per heavy atom. The van der Waals surface area contributed by atoms with E-state index >= 15 is 0 Å². The van der Waals surface area contributed by atoms with E-state index in [0.717, 1.165) is 0 Å². The van der Waals surface area contributed by atoms with E-state index in [0.29, 0.717) is 0 Å². The van der Waals surface area contributed by atoms with Crippen LogP contribution in [0.4, 0.5) is 13.2 Å². The highest BCUT2D eigenvalue weighted by Gasteiger charge is 2.54. The smallest absolute Gasteiger partial charge is 0.379 e. The Balaban J connectivity index is 0.000001000. The molecular formula is C5H9ClF3NO. The minimum atomic E-state index is -4.33. The lowest BCUT2D eigenvalue weighted by atomic mass is 10.0. The van der Waals surface area contributed by atoms with Gasteiger partial charge in [-0.25, -0.2) is 0 Å². The first-order valence-corrected chi connectivity index (χ1v) is 2.89. The number of rotatable bonds is 0. The minimum Gasteiger partial charge on any atom is -0.379 e. The predicted molar refractivity (Wildman–Crippen MR) is 35.7 cm³/mol. The van der Waals surface area contributed by atoms with Gasteiger partial charge in [-0.05, 0) is 6.42 Å². The Bertz CT molecular complexity index is 132. The summed E-state index contributed by atoms with van der Waals surface area (Å²) in [6.07, 6.45) is -4.46. The van der Waals surface area contributed by atoms with Gasteiger partial charge in [0, 0.05) is 6.61 Å². The van der Waals surface area contributed by atoms with Crippen LogP contribution < -0.4 is 5.73 Å². The third-order valence-corrected chi connectivity index (χ3v) is 1.62. The Kier molecular flexibility index (Phi) is 3.16. The van der Waals surface area contributed by atoms with E-state index in [9.17, 15) is 13.2 Å². The second-order valence-corrected chi connectivity index (χ2v) is 2.46. The molecule has 68 valence electrons. The highest BCUT2D eigenvalue weighted by Crippen LogP contribution is 2.34. The van der Waals surface area contributed by atoms with Crippen molar-refractivity contribution in [2.45, 2.75) is 18.1 Å². The summed E-state index contributed by atoms with van der Waals surface area (Å²) in [6.45, 7) is -0.299. The Morgan fingerprint density at radius 3 is 2.09 bits per heavy atom. The van der Waals surface area contributed by atoms with E-state index in [-0.39, 0.29) is 25.4 Å².